The zero-order valence-electron chi connectivity index (χ0n) is 8.44. The summed E-state index contributed by atoms with van der Waals surface area (Å²) in [5, 5.41) is 10.4. The molecule has 1 fully saturated rings. The van der Waals surface area contributed by atoms with Crippen LogP contribution in [-0.2, 0) is 0 Å². The molecule has 14 heavy (non-hydrogen) atoms. The Morgan fingerprint density at radius 3 is 2.71 bits per heavy atom. The Morgan fingerprint density at radius 2 is 2.14 bits per heavy atom. The van der Waals surface area contributed by atoms with Crippen molar-refractivity contribution in [2.24, 2.45) is 5.92 Å². The lowest BCUT2D eigenvalue weighted by Crippen LogP contribution is -2.20. The monoisotopic (exact) mass is 212 g/mol. The van der Waals surface area contributed by atoms with E-state index in [2.05, 4.69) is 22.4 Å². The summed E-state index contributed by atoms with van der Waals surface area (Å²) in [7, 11) is 0. The lowest BCUT2D eigenvalue weighted by molar-refractivity contribution is 0.246. The quantitative estimate of drug-likeness (QED) is 0.766. The fraction of sp³-hybridized carbons (Fsp3) is 0.889. The summed E-state index contributed by atoms with van der Waals surface area (Å²) in [6.07, 6.45) is 6.70. The molecule has 0 bridgehead atoms. The van der Waals surface area contributed by atoms with Crippen molar-refractivity contribution in [1.29, 1.82) is 0 Å². The molecule has 0 aromatic carbocycles. The van der Waals surface area contributed by atoms with Crippen molar-refractivity contribution in [2.75, 3.05) is 0 Å². The van der Waals surface area contributed by atoms with Crippen LogP contribution in [0.1, 0.15) is 45.1 Å². The second-order valence-electron chi connectivity index (χ2n) is 4.09. The third-order valence-corrected chi connectivity index (χ3v) is 3.51. The first kappa shape index (κ1) is 9.83. The van der Waals surface area contributed by atoms with E-state index < -0.39 is 0 Å². The van der Waals surface area contributed by atoms with Crippen LogP contribution in [0.3, 0.4) is 0 Å². The van der Waals surface area contributed by atoms with E-state index in [9.17, 15) is 0 Å². The third kappa shape index (κ3) is 1.87. The molecule has 0 spiro atoms. The number of nitrogens with one attached hydrogen (secondary N) is 1. The molecule has 1 aliphatic carbocycles. The van der Waals surface area contributed by atoms with E-state index in [0.717, 1.165) is 5.92 Å². The highest BCUT2D eigenvalue weighted by Gasteiger charge is 2.22. The van der Waals surface area contributed by atoms with E-state index in [0.29, 0.717) is 10.8 Å². The standard InChI is InChI=1S/C9H16N4S/c1-7(8-5-3-2-4-6-8)13-9(14)10-11-12-13/h7-8H,2-6H2,1H3,(H,10,12,14). The van der Waals surface area contributed by atoms with Crippen molar-refractivity contribution in [3.05, 3.63) is 4.77 Å². The molecule has 1 saturated carbocycles. The lowest BCUT2D eigenvalue weighted by Gasteiger charge is -2.27. The van der Waals surface area contributed by atoms with Gasteiger partial charge in [-0.05, 0) is 37.9 Å². The van der Waals surface area contributed by atoms with Crippen molar-refractivity contribution in [3.8, 4) is 0 Å². The van der Waals surface area contributed by atoms with Crippen molar-refractivity contribution in [2.45, 2.75) is 45.1 Å². The van der Waals surface area contributed by atoms with Gasteiger partial charge in [-0.1, -0.05) is 29.6 Å². The predicted molar refractivity (Wildman–Crippen MR) is 56.5 cm³/mol. The molecule has 2 rings (SSSR count). The average molecular weight is 212 g/mol. The van der Waals surface area contributed by atoms with Crippen LogP contribution < -0.4 is 0 Å². The Labute approximate surface area is 88.7 Å². The fourth-order valence-corrected chi connectivity index (χ4v) is 2.54. The summed E-state index contributed by atoms with van der Waals surface area (Å²) >= 11 is 5.09. The Kier molecular flexibility index (Phi) is 2.96. The fourth-order valence-electron chi connectivity index (χ4n) is 2.30. The summed E-state index contributed by atoms with van der Waals surface area (Å²) in [5.74, 6) is 0.734. The summed E-state index contributed by atoms with van der Waals surface area (Å²) in [6, 6.07) is 0.415. The van der Waals surface area contributed by atoms with Gasteiger partial charge in [0.05, 0.1) is 6.04 Å². The topological polar surface area (TPSA) is 46.5 Å². The van der Waals surface area contributed by atoms with E-state index in [4.69, 9.17) is 12.2 Å². The second kappa shape index (κ2) is 4.21. The number of H-pyrrole nitrogens is 1. The third-order valence-electron chi connectivity index (χ3n) is 3.23. The molecule has 4 nitrogen and oxygen atoms in total. The smallest absolute Gasteiger partial charge is 0.238 e. The van der Waals surface area contributed by atoms with E-state index >= 15 is 0 Å². The molecule has 0 saturated heterocycles. The molecule has 0 radical (unpaired) electrons. The largest absolute Gasteiger partial charge is 0.239 e. The van der Waals surface area contributed by atoms with Gasteiger partial charge in [0.1, 0.15) is 0 Å². The number of hydrogen-bond acceptors (Lipinski definition) is 3. The van der Waals surface area contributed by atoms with Crippen molar-refractivity contribution >= 4 is 12.2 Å². The van der Waals surface area contributed by atoms with Crippen LogP contribution in [0.5, 0.6) is 0 Å². The van der Waals surface area contributed by atoms with Gasteiger partial charge in [-0.3, -0.25) is 0 Å². The number of aromatic nitrogens is 4. The van der Waals surface area contributed by atoms with Gasteiger partial charge in [-0.2, -0.15) is 5.21 Å². The maximum atomic E-state index is 5.09. The first-order valence-corrected chi connectivity index (χ1v) is 5.69. The highest BCUT2D eigenvalue weighted by molar-refractivity contribution is 7.71. The Hall–Kier alpha value is -0.710. The highest BCUT2D eigenvalue weighted by atomic mass is 32.1. The number of aromatic amines is 1. The molecule has 1 unspecified atom stereocenters. The first-order valence-electron chi connectivity index (χ1n) is 5.28. The van der Waals surface area contributed by atoms with Crippen LogP contribution in [0, 0.1) is 10.7 Å². The molecule has 1 heterocycles. The minimum absolute atomic E-state index is 0.415. The second-order valence-corrected chi connectivity index (χ2v) is 4.46. The number of tetrazole rings is 1. The zero-order valence-corrected chi connectivity index (χ0v) is 9.26. The molecule has 0 aliphatic heterocycles. The Balaban J connectivity index is 2.11. The average Bonchev–Trinajstić information content (AvgIpc) is 2.65. The lowest BCUT2D eigenvalue weighted by atomic mass is 9.85. The molecule has 1 N–H and O–H groups in total. The molecular formula is C9H16N4S. The van der Waals surface area contributed by atoms with Gasteiger partial charge in [0, 0.05) is 0 Å². The Bertz CT molecular complexity index is 337. The predicted octanol–water partition coefficient (Wildman–Crippen LogP) is 2.48. The Morgan fingerprint density at radius 1 is 1.43 bits per heavy atom. The van der Waals surface area contributed by atoms with Crippen molar-refractivity contribution in [3.63, 3.8) is 0 Å². The number of hydrogen-bond donors (Lipinski definition) is 1. The van der Waals surface area contributed by atoms with E-state index in [1.165, 1.54) is 32.1 Å². The molecule has 1 aliphatic rings. The van der Waals surface area contributed by atoms with Gasteiger partial charge in [0.15, 0.2) is 0 Å². The van der Waals surface area contributed by atoms with E-state index in [1.54, 1.807) is 0 Å². The van der Waals surface area contributed by atoms with Crippen molar-refractivity contribution < 1.29 is 0 Å². The molecule has 5 heteroatoms. The first-order chi connectivity index (χ1) is 6.79. The summed E-state index contributed by atoms with van der Waals surface area (Å²) in [5.41, 5.74) is 0. The molecule has 1 aromatic rings. The maximum absolute atomic E-state index is 5.09. The van der Waals surface area contributed by atoms with Crippen LogP contribution >= 0.6 is 12.2 Å². The van der Waals surface area contributed by atoms with E-state index in [1.807, 2.05) is 4.68 Å². The van der Waals surface area contributed by atoms with Gasteiger partial charge >= 0.3 is 0 Å². The zero-order chi connectivity index (χ0) is 9.97. The molecular weight excluding hydrogens is 196 g/mol. The minimum atomic E-state index is 0.415. The number of nitrogens with zero attached hydrogens (tertiary/aromatic N) is 3. The van der Waals surface area contributed by atoms with Crippen molar-refractivity contribution in [1.82, 2.24) is 20.2 Å². The summed E-state index contributed by atoms with van der Waals surface area (Å²) in [6.45, 7) is 2.20. The minimum Gasteiger partial charge on any atom is -0.239 e. The number of rotatable bonds is 2. The summed E-state index contributed by atoms with van der Waals surface area (Å²) in [4.78, 5) is 0. The molecule has 0 amide bonds. The molecule has 1 atom stereocenters. The highest BCUT2D eigenvalue weighted by Crippen LogP contribution is 2.31. The molecule has 78 valence electrons. The SMILES string of the molecule is CC(C1CCCCC1)n1[nH]nnc1=S. The van der Waals surface area contributed by atoms with Crippen LogP contribution in [0.25, 0.3) is 0 Å². The van der Waals surface area contributed by atoms with Gasteiger partial charge in [-0.25, -0.2) is 4.68 Å². The van der Waals surface area contributed by atoms with Gasteiger partial charge in [0.2, 0.25) is 4.77 Å². The van der Waals surface area contributed by atoms with Gasteiger partial charge in [-0.15, -0.1) is 0 Å². The van der Waals surface area contributed by atoms with Crippen LogP contribution in [0.2, 0.25) is 0 Å². The summed E-state index contributed by atoms with van der Waals surface area (Å²) < 4.78 is 2.48. The van der Waals surface area contributed by atoms with Gasteiger partial charge < -0.3 is 0 Å². The van der Waals surface area contributed by atoms with Crippen LogP contribution in [0.4, 0.5) is 0 Å². The molecule has 1 aromatic heterocycles. The maximum Gasteiger partial charge on any atom is 0.238 e. The normalized spacial score (nSPS) is 20.9. The van der Waals surface area contributed by atoms with Crippen LogP contribution in [0.15, 0.2) is 0 Å². The van der Waals surface area contributed by atoms with E-state index in [-0.39, 0.29) is 0 Å². The van der Waals surface area contributed by atoms with Gasteiger partial charge in [0.25, 0.3) is 0 Å². The van der Waals surface area contributed by atoms with Crippen LogP contribution in [-0.4, -0.2) is 20.2 Å².